The third-order valence-electron chi connectivity index (χ3n) is 8.67. The van der Waals surface area contributed by atoms with Crippen LogP contribution in [0.25, 0.3) is 11.1 Å². The zero-order valence-corrected chi connectivity index (χ0v) is 34.4. The van der Waals surface area contributed by atoms with Gasteiger partial charge in [-0.15, -0.1) is 0 Å². The van der Waals surface area contributed by atoms with E-state index in [1.807, 2.05) is 13.8 Å². The zero-order valence-electron chi connectivity index (χ0n) is 31.1. The van der Waals surface area contributed by atoms with Gasteiger partial charge in [-0.3, -0.25) is 28.0 Å². The Bertz CT molecular complexity index is 2020. The van der Waals surface area contributed by atoms with Crippen LogP contribution < -0.4 is 30.3 Å². The van der Waals surface area contributed by atoms with Crippen molar-refractivity contribution in [2.45, 2.75) is 108 Å². The van der Waals surface area contributed by atoms with E-state index in [1.54, 1.807) is 13.8 Å². The van der Waals surface area contributed by atoms with Crippen molar-refractivity contribution >= 4 is 96.6 Å². The van der Waals surface area contributed by atoms with Gasteiger partial charge in [0.2, 0.25) is 22.1 Å². The number of azo groups is 2. The highest BCUT2D eigenvalue weighted by Crippen LogP contribution is 2.41. The minimum atomic E-state index is -4.35. The maximum Gasteiger partial charge on any atom is 0.262 e. The topological polar surface area (TPSA) is 253 Å². The van der Waals surface area contributed by atoms with Gasteiger partial charge in [-0.25, -0.2) is 17.3 Å². The lowest BCUT2D eigenvalue weighted by atomic mass is 10.0. The molecule has 22 heteroatoms. The van der Waals surface area contributed by atoms with Crippen molar-refractivity contribution in [3.63, 3.8) is 0 Å². The predicted molar refractivity (Wildman–Crippen MR) is 217 cm³/mol. The Balaban J connectivity index is 1.89. The number of carbonyl (C=O) groups excluding carboxylic acids is 4. The Labute approximate surface area is 338 Å². The van der Waals surface area contributed by atoms with E-state index in [9.17, 15) is 36.4 Å². The number of anilines is 1. The van der Waals surface area contributed by atoms with Gasteiger partial charge in [0.05, 0.1) is 22.0 Å². The highest BCUT2D eigenvalue weighted by molar-refractivity contribution is 7.89. The van der Waals surface area contributed by atoms with Gasteiger partial charge in [-0.2, -0.15) is 20.5 Å². The quantitative estimate of drug-likeness (QED) is 0.0380. The number of amides is 4. The Morgan fingerprint density at radius 1 is 0.768 bits per heavy atom. The molecule has 2 aliphatic rings. The summed E-state index contributed by atoms with van der Waals surface area (Å²) >= 11 is 7.05. The molecule has 2 aromatic rings. The highest BCUT2D eigenvalue weighted by Gasteiger charge is 2.34. The zero-order chi connectivity index (χ0) is 41.2. The van der Waals surface area contributed by atoms with E-state index in [0.29, 0.717) is 12.8 Å². The van der Waals surface area contributed by atoms with Crippen LogP contribution in [0, 0.1) is 0 Å². The smallest absolute Gasteiger partial charge is 0.262 e. The molecule has 18 nitrogen and oxygen atoms in total. The van der Waals surface area contributed by atoms with Crippen LogP contribution in [0.15, 0.2) is 61.8 Å². The maximum absolute atomic E-state index is 14.3. The van der Waals surface area contributed by atoms with Crippen LogP contribution in [-0.4, -0.2) is 75.2 Å². The molecule has 4 rings (SSSR count). The minimum absolute atomic E-state index is 0.0208. The molecule has 56 heavy (non-hydrogen) atoms. The maximum atomic E-state index is 14.3. The molecular formula is C34H44N10O8S4. The van der Waals surface area contributed by atoms with Crippen molar-refractivity contribution in [1.82, 2.24) is 26.0 Å². The molecule has 6 N–H and O–H groups in total. The molecule has 2 fully saturated rings. The van der Waals surface area contributed by atoms with E-state index in [4.69, 9.17) is 24.4 Å². The van der Waals surface area contributed by atoms with Crippen molar-refractivity contribution in [2.24, 2.45) is 20.5 Å². The summed E-state index contributed by atoms with van der Waals surface area (Å²) in [4.78, 5) is 49.4. The van der Waals surface area contributed by atoms with E-state index in [-0.39, 0.29) is 43.3 Å². The summed E-state index contributed by atoms with van der Waals surface area (Å²) in [6.07, 6.45) is 6.17. The summed E-state index contributed by atoms with van der Waals surface area (Å²) in [6.45, 7) is 7.55. The van der Waals surface area contributed by atoms with E-state index in [2.05, 4.69) is 46.4 Å². The number of hydrogen-bond donors (Lipinski definition) is 6. The van der Waals surface area contributed by atoms with Crippen molar-refractivity contribution < 1.29 is 36.4 Å². The Hall–Kier alpha value is -4.48. The Morgan fingerprint density at radius 3 is 1.71 bits per heavy atom. The lowest BCUT2D eigenvalue weighted by Gasteiger charge is -2.30. The predicted octanol–water partition coefficient (Wildman–Crippen LogP) is 4.48. The number of hydrogen-bond acceptors (Lipinski definition) is 13. The van der Waals surface area contributed by atoms with E-state index >= 15 is 0 Å². The van der Waals surface area contributed by atoms with Gasteiger partial charge in [0.1, 0.15) is 0 Å². The van der Waals surface area contributed by atoms with Gasteiger partial charge in [-0.1, -0.05) is 64.5 Å². The normalized spacial score (nSPS) is 17.4. The number of nitrogens with zero attached hydrogens (tertiary/aromatic N) is 5. The summed E-state index contributed by atoms with van der Waals surface area (Å²) in [5.41, 5.74) is 0.458. The second-order valence-corrected chi connectivity index (χ2v) is 16.5. The fraction of sp³-hybridized carbons (Fsp3) is 0.471. The van der Waals surface area contributed by atoms with Gasteiger partial charge in [0, 0.05) is 23.2 Å². The lowest BCUT2D eigenvalue weighted by Crippen LogP contribution is -2.57. The average Bonchev–Trinajstić information content (AvgIpc) is 3.11. The SMILES string of the molecule is CCCCCC(C)NS(=O)(=O)c1cc(N=NC2C(=O)NC(=S)NC2=O)ccc1-c1ccc(N=NC2C(=O)NC(=S)NC2=O)cc1N(C(C)CCCCC)S(=O)O. The van der Waals surface area contributed by atoms with E-state index in [1.165, 1.54) is 40.7 Å². The van der Waals surface area contributed by atoms with Crippen molar-refractivity contribution in [3.8, 4) is 11.1 Å². The Morgan fingerprint density at radius 2 is 1.23 bits per heavy atom. The molecule has 0 radical (unpaired) electrons. The first kappa shape index (κ1) is 44.2. The van der Waals surface area contributed by atoms with E-state index < -0.39 is 69.1 Å². The molecule has 0 spiro atoms. The third-order valence-corrected chi connectivity index (χ3v) is 11.6. The lowest BCUT2D eigenvalue weighted by molar-refractivity contribution is -0.132. The molecule has 0 aromatic heterocycles. The van der Waals surface area contributed by atoms with Crippen molar-refractivity contribution in [3.05, 3.63) is 36.4 Å². The van der Waals surface area contributed by atoms with Crippen molar-refractivity contribution in [1.29, 1.82) is 0 Å². The fourth-order valence-corrected chi connectivity index (χ4v) is 8.51. The van der Waals surface area contributed by atoms with Gasteiger partial charge in [-0.05, 0) is 75.4 Å². The van der Waals surface area contributed by atoms with E-state index in [0.717, 1.165) is 38.5 Å². The molecule has 0 aliphatic carbocycles. The molecule has 0 saturated carbocycles. The second-order valence-electron chi connectivity index (χ2n) is 13.2. The van der Waals surface area contributed by atoms with Crippen LogP contribution in [0.3, 0.4) is 0 Å². The summed E-state index contributed by atoms with van der Waals surface area (Å²) in [7, 11) is -4.35. The molecule has 3 unspecified atom stereocenters. The number of benzene rings is 2. The molecule has 2 aliphatic heterocycles. The first-order chi connectivity index (χ1) is 26.6. The average molecular weight is 849 g/mol. The monoisotopic (exact) mass is 848 g/mol. The van der Waals surface area contributed by atoms with Crippen LogP contribution in [0.5, 0.6) is 0 Å². The van der Waals surface area contributed by atoms with Crippen LogP contribution >= 0.6 is 24.4 Å². The number of thiocarbonyl (C=S) groups is 2. The third kappa shape index (κ3) is 11.5. The number of carbonyl (C=O) groups is 4. The van der Waals surface area contributed by atoms with Crippen LogP contribution in [-0.2, 0) is 40.5 Å². The van der Waals surface area contributed by atoms with Gasteiger partial charge in [0.15, 0.2) is 10.2 Å². The first-order valence-corrected chi connectivity index (χ1v) is 21.3. The summed E-state index contributed by atoms with van der Waals surface area (Å²) in [6, 6.07) is 4.23. The van der Waals surface area contributed by atoms with Gasteiger partial charge >= 0.3 is 0 Å². The Kier molecular flexibility index (Phi) is 15.9. The number of rotatable bonds is 19. The molecule has 2 heterocycles. The number of sulfonamides is 1. The second kappa shape index (κ2) is 20.1. The molecule has 302 valence electrons. The first-order valence-electron chi connectivity index (χ1n) is 17.9. The number of unbranched alkanes of at least 4 members (excludes halogenated alkanes) is 4. The fourth-order valence-electron chi connectivity index (χ4n) is 5.86. The van der Waals surface area contributed by atoms with Crippen LogP contribution in [0.1, 0.15) is 79.1 Å². The standard InChI is InChI=1S/C34H44N10O8S4/c1-5-7-9-11-19(3)43-56(51,52)26-18-22(40-42-28-31(47)37-34(54)38-32(28)48)14-16-24(26)23-15-13-21(39-41-27-29(45)35-33(53)36-30(27)46)17-25(23)44(55(49)50)20(4)12-10-8-6-2/h13-20,27-28,43H,5-12H2,1-4H3,(H,49,50)(H2,35,36,45,46,53)(H2,37,38,47,48,54). The van der Waals surface area contributed by atoms with Gasteiger partial charge in [0.25, 0.3) is 34.9 Å². The molecule has 0 bridgehead atoms. The molecule has 4 amide bonds. The summed E-state index contributed by atoms with van der Waals surface area (Å²) in [5, 5.41) is 24.7. The summed E-state index contributed by atoms with van der Waals surface area (Å²) < 4.78 is 56.3. The largest absolute Gasteiger partial charge is 0.300 e. The molecule has 3 atom stereocenters. The molecular weight excluding hydrogens is 805 g/mol. The summed E-state index contributed by atoms with van der Waals surface area (Å²) in [5.74, 6) is -3.21. The molecule has 2 aromatic carbocycles. The molecule has 2 saturated heterocycles. The highest BCUT2D eigenvalue weighted by atomic mass is 32.2. The number of nitrogens with one attached hydrogen (secondary N) is 5. The minimum Gasteiger partial charge on any atom is -0.300 e. The van der Waals surface area contributed by atoms with Crippen LogP contribution in [0.4, 0.5) is 17.1 Å². The van der Waals surface area contributed by atoms with Gasteiger partial charge < -0.3 is 21.3 Å². The van der Waals surface area contributed by atoms with Crippen LogP contribution in [0.2, 0.25) is 0 Å². The van der Waals surface area contributed by atoms with Crippen molar-refractivity contribution in [2.75, 3.05) is 4.31 Å².